The minimum atomic E-state index is -4.44. The molecule has 1 aromatic carbocycles. The number of benzene rings is 1. The summed E-state index contributed by atoms with van der Waals surface area (Å²) in [7, 11) is 0. The van der Waals surface area contributed by atoms with Crippen molar-refractivity contribution < 1.29 is 17.1 Å². The number of para-hydroxylation sites is 2. The molecule has 0 atom stereocenters. The van der Waals surface area contributed by atoms with Crippen molar-refractivity contribution in [2.75, 3.05) is 0 Å². The zero-order valence-corrected chi connectivity index (χ0v) is 7.62. The summed E-state index contributed by atoms with van der Waals surface area (Å²) in [6.07, 6.45) is -4.44. The summed E-state index contributed by atoms with van der Waals surface area (Å²) in [6, 6.07) is 6.37. The molecule has 0 bridgehead atoms. The van der Waals surface area contributed by atoms with Crippen LogP contribution in [0.2, 0.25) is 0 Å². The predicted octanol–water partition coefficient (Wildman–Crippen LogP) is 1.78. The van der Waals surface area contributed by atoms with Crippen molar-refractivity contribution in [1.29, 1.82) is 0 Å². The highest BCUT2D eigenvalue weighted by Gasteiger charge is 2.41. The van der Waals surface area contributed by atoms with Crippen LogP contribution in [0.5, 0.6) is 0 Å². The number of nitrogens with one attached hydrogen (secondary N) is 1. The Kier molecular flexibility index (Phi) is 1.88. The molecule has 0 unspecified atom stereocenters. The lowest BCUT2D eigenvalue weighted by molar-refractivity contribution is -0.498. The van der Waals surface area contributed by atoms with Crippen molar-refractivity contribution in [2.45, 2.75) is 6.18 Å². The van der Waals surface area contributed by atoms with E-state index in [-0.39, 0.29) is 0 Å². The molecular formula is C8H5F3N2S. The van der Waals surface area contributed by atoms with Crippen LogP contribution >= 0.6 is 0 Å². The molecule has 0 aliphatic rings. The first kappa shape index (κ1) is 9.26. The van der Waals surface area contributed by atoms with Gasteiger partial charge in [-0.05, 0) is 12.1 Å². The quantitative estimate of drug-likeness (QED) is 0.527. The molecular weight excluding hydrogens is 213 g/mol. The van der Waals surface area contributed by atoms with Crippen molar-refractivity contribution in [1.82, 2.24) is 4.98 Å². The molecule has 14 heavy (non-hydrogen) atoms. The number of alkyl halides is 3. The normalized spacial score (nSPS) is 12.2. The van der Waals surface area contributed by atoms with Crippen LogP contribution in [0, 0.1) is 0 Å². The van der Waals surface area contributed by atoms with Crippen molar-refractivity contribution in [3.63, 3.8) is 0 Å². The van der Waals surface area contributed by atoms with Crippen molar-refractivity contribution in [3.8, 4) is 0 Å². The maximum Gasteiger partial charge on any atom is 0.493 e. The zero-order chi connectivity index (χ0) is 10.3. The van der Waals surface area contributed by atoms with Crippen LogP contribution in [0.15, 0.2) is 24.3 Å². The Balaban J connectivity index is 2.75. The summed E-state index contributed by atoms with van der Waals surface area (Å²) < 4.78 is 37.8. The molecule has 6 heteroatoms. The number of aromatic nitrogens is 2. The lowest BCUT2D eigenvalue weighted by atomic mass is 10.3. The highest BCUT2D eigenvalue weighted by molar-refractivity contribution is 7.51. The van der Waals surface area contributed by atoms with E-state index in [0.717, 1.165) is 0 Å². The minimum Gasteiger partial charge on any atom is -0.554 e. The van der Waals surface area contributed by atoms with Crippen LogP contribution in [0.1, 0.15) is 5.82 Å². The molecule has 0 saturated heterocycles. The van der Waals surface area contributed by atoms with Gasteiger partial charge in [0.15, 0.2) is 11.0 Å². The molecule has 1 heterocycles. The largest absolute Gasteiger partial charge is 0.554 e. The molecule has 0 aliphatic carbocycles. The van der Waals surface area contributed by atoms with Crippen LogP contribution in [0.3, 0.4) is 0 Å². The maximum absolute atomic E-state index is 12.4. The molecule has 1 N–H and O–H groups in total. The first-order chi connectivity index (χ1) is 6.50. The van der Waals surface area contributed by atoms with Crippen LogP contribution in [0.4, 0.5) is 13.2 Å². The molecule has 74 valence electrons. The Labute approximate surface area is 82.9 Å². The van der Waals surface area contributed by atoms with E-state index in [9.17, 15) is 13.2 Å². The van der Waals surface area contributed by atoms with E-state index in [4.69, 9.17) is 0 Å². The SMILES string of the molecule is FC(F)(F)c1[nH]c2ccccc2[n+]1[S-]. The third-order valence-corrected chi connectivity index (χ3v) is 2.23. The molecule has 2 rings (SSSR count). The molecule has 0 aliphatic heterocycles. The van der Waals surface area contributed by atoms with Gasteiger partial charge in [0.1, 0.15) is 0 Å². The maximum atomic E-state index is 12.4. The van der Waals surface area contributed by atoms with Crippen LogP contribution < -0.4 is 3.97 Å². The number of rotatable bonds is 0. The monoisotopic (exact) mass is 218 g/mol. The van der Waals surface area contributed by atoms with E-state index >= 15 is 0 Å². The fourth-order valence-corrected chi connectivity index (χ4v) is 1.55. The number of hydrogen-bond donors (Lipinski definition) is 1. The average Bonchev–Trinajstić information content (AvgIpc) is 2.44. The number of fused-ring (bicyclic) bond motifs is 1. The van der Waals surface area contributed by atoms with Crippen molar-refractivity contribution in [2.24, 2.45) is 0 Å². The molecule has 0 amide bonds. The van der Waals surface area contributed by atoms with Crippen LogP contribution in [-0.4, -0.2) is 4.98 Å². The topological polar surface area (TPSA) is 19.7 Å². The summed E-state index contributed by atoms with van der Waals surface area (Å²) in [5.41, 5.74) is 0.740. The molecule has 1 aromatic heterocycles. The van der Waals surface area contributed by atoms with E-state index in [0.29, 0.717) is 15.0 Å². The van der Waals surface area contributed by atoms with Gasteiger partial charge in [-0.25, -0.2) is 4.98 Å². The van der Waals surface area contributed by atoms with Crippen LogP contribution in [-0.2, 0) is 19.0 Å². The van der Waals surface area contributed by atoms with Gasteiger partial charge in [-0.1, -0.05) is 12.1 Å². The highest BCUT2D eigenvalue weighted by atomic mass is 32.1. The van der Waals surface area contributed by atoms with Gasteiger partial charge in [0.25, 0.3) is 0 Å². The fourth-order valence-electron chi connectivity index (χ4n) is 1.24. The van der Waals surface area contributed by atoms with Gasteiger partial charge in [0.2, 0.25) is 0 Å². The summed E-state index contributed by atoms with van der Waals surface area (Å²) in [5.74, 6) is -0.923. The van der Waals surface area contributed by atoms with Gasteiger partial charge in [0.05, 0.1) is 0 Å². The summed E-state index contributed by atoms with van der Waals surface area (Å²) >= 11 is 4.64. The van der Waals surface area contributed by atoms with Crippen LogP contribution in [0.25, 0.3) is 11.0 Å². The predicted molar refractivity (Wildman–Crippen MR) is 46.3 cm³/mol. The second-order valence-electron chi connectivity index (χ2n) is 2.78. The molecule has 0 radical (unpaired) electrons. The Hall–Kier alpha value is -1.30. The van der Waals surface area contributed by atoms with E-state index < -0.39 is 12.0 Å². The highest BCUT2D eigenvalue weighted by Crippen LogP contribution is 2.26. The third kappa shape index (κ3) is 1.31. The van der Waals surface area contributed by atoms with E-state index in [1.54, 1.807) is 18.2 Å². The van der Waals surface area contributed by atoms with Gasteiger partial charge in [-0.15, -0.1) is 0 Å². The van der Waals surface area contributed by atoms with E-state index in [1.165, 1.54) is 6.07 Å². The fraction of sp³-hybridized carbons (Fsp3) is 0.125. The Bertz CT molecular complexity index is 475. The summed E-state index contributed by atoms with van der Waals surface area (Å²) in [6.45, 7) is 0. The minimum absolute atomic E-state index is 0.356. The lowest BCUT2D eigenvalue weighted by Crippen LogP contribution is -2.35. The molecule has 2 nitrogen and oxygen atoms in total. The molecule has 0 spiro atoms. The number of nitrogens with zero attached hydrogens (tertiary/aromatic N) is 1. The summed E-state index contributed by atoms with van der Waals surface area (Å²) in [5, 5.41) is 0. The second kappa shape index (κ2) is 2.84. The average molecular weight is 218 g/mol. The first-order valence-corrected chi connectivity index (χ1v) is 4.14. The Morgan fingerprint density at radius 1 is 1.21 bits per heavy atom. The number of H-pyrrole nitrogens is 1. The van der Waals surface area contributed by atoms with E-state index in [1.807, 2.05) is 0 Å². The number of hydrogen-bond acceptors (Lipinski definition) is 1. The van der Waals surface area contributed by atoms with Gasteiger partial charge in [-0.3, -0.25) is 0 Å². The number of aromatic amines is 1. The van der Waals surface area contributed by atoms with Gasteiger partial charge in [0, 0.05) is 0 Å². The van der Waals surface area contributed by atoms with Gasteiger partial charge >= 0.3 is 12.0 Å². The molecule has 2 aromatic rings. The standard InChI is InChI=1S/C8H5F3N2S/c9-8(10,11)7-12-5-3-1-2-4-6(5)13(7)14/h1-4,12H. The second-order valence-corrected chi connectivity index (χ2v) is 3.15. The smallest absolute Gasteiger partial charge is 0.493 e. The zero-order valence-electron chi connectivity index (χ0n) is 6.80. The van der Waals surface area contributed by atoms with Crippen molar-refractivity contribution in [3.05, 3.63) is 30.1 Å². The lowest BCUT2D eigenvalue weighted by Gasteiger charge is -2.05. The van der Waals surface area contributed by atoms with Crippen molar-refractivity contribution >= 4 is 23.8 Å². The van der Waals surface area contributed by atoms with E-state index in [2.05, 4.69) is 17.8 Å². The molecule has 0 saturated carbocycles. The number of halogens is 3. The number of imidazole rings is 1. The Morgan fingerprint density at radius 2 is 1.86 bits per heavy atom. The first-order valence-electron chi connectivity index (χ1n) is 3.77. The van der Waals surface area contributed by atoms with Gasteiger partial charge in [-0.2, -0.15) is 13.2 Å². The third-order valence-electron chi connectivity index (χ3n) is 1.85. The van der Waals surface area contributed by atoms with Gasteiger partial charge < -0.3 is 16.8 Å². The molecule has 0 fully saturated rings. The Morgan fingerprint density at radius 3 is 2.43 bits per heavy atom. The summed E-state index contributed by atoms with van der Waals surface area (Å²) in [4.78, 5) is 2.24.